The Morgan fingerprint density at radius 1 is 1.12 bits per heavy atom. The smallest absolute Gasteiger partial charge is 0.337 e. The van der Waals surface area contributed by atoms with E-state index < -0.39 is 12.1 Å². The molecule has 3 atom stereocenters. The lowest BCUT2D eigenvalue weighted by atomic mass is 9.80. The van der Waals surface area contributed by atoms with Crippen LogP contribution in [0.25, 0.3) is 0 Å². The third kappa shape index (κ3) is 5.96. The van der Waals surface area contributed by atoms with Crippen LogP contribution in [0.15, 0.2) is 42.5 Å². The maximum Gasteiger partial charge on any atom is 0.337 e. The Balaban J connectivity index is 0.000000248. The fraction of sp³-hybridized carbons (Fsp3) is 0.481. The first-order valence-corrected chi connectivity index (χ1v) is 11.7. The second kappa shape index (κ2) is 11.5. The summed E-state index contributed by atoms with van der Waals surface area (Å²) in [6.07, 6.45) is 1.23. The molecule has 2 aromatic rings. The first-order valence-electron chi connectivity index (χ1n) is 11.7. The quantitative estimate of drug-likeness (QED) is 0.659. The number of methoxy groups -OCH3 is 2. The van der Waals surface area contributed by atoms with E-state index in [0.29, 0.717) is 23.7 Å². The summed E-state index contributed by atoms with van der Waals surface area (Å²) in [7, 11) is 3.33. The zero-order valence-corrected chi connectivity index (χ0v) is 20.4. The average Bonchev–Trinajstić information content (AvgIpc) is 2.83. The van der Waals surface area contributed by atoms with Gasteiger partial charge in [0.1, 0.15) is 5.78 Å². The number of hydrogen-bond acceptors (Lipinski definition) is 6. The van der Waals surface area contributed by atoms with E-state index in [1.54, 1.807) is 44.6 Å². The highest BCUT2D eigenvalue weighted by Gasteiger charge is 2.38. The summed E-state index contributed by atoms with van der Waals surface area (Å²) in [6.45, 7) is 6.31. The normalized spacial score (nSPS) is 20.5. The minimum Gasteiger partial charge on any atom is -0.493 e. The van der Waals surface area contributed by atoms with Gasteiger partial charge in [0.15, 0.2) is 17.6 Å². The molecule has 7 nitrogen and oxygen atoms in total. The standard InChI is InChI=1S/C19H27NO3.C8H8O3/c1-12(2)7-14-11-20-6-5-13-8-18(22-3)19(23-4)9-15(13)16(20)10-17(14)21;9-7(8(10)11)6-4-2-1-3-5-6/h8-9,12,14,16H,5-7,10-11H2,1-4H3;1-5,7,9H,(H,10,11)/t14-,16-;/m0./s1. The van der Waals surface area contributed by atoms with Crippen LogP contribution in [0.1, 0.15) is 55.5 Å². The zero-order chi connectivity index (χ0) is 24.8. The van der Waals surface area contributed by atoms with Gasteiger partial charge in [-0.1, -0.05) is 44.2 Å². The number of rotatable bonds is 6. The van der Waals surface area contributed by atoms with E-state index in [1.165, 1.54) is 11.1 Å². The highest BCUT2D eigenvalue weighted by Crippen LogP contribution is 2.42. The number of carboxylic acids is 1. The molecule has 2 heterocycles. The molecule has 0 saturated carbocycles. The van der Waals surface area contributed by atoms with Crippen molar-refractivity contribution in [1.29, 1.82) is 0 Å². The van der Waals surface area contributed by atoms with Crippen LogP contribution >= 0.6 is 0 Å². The first kappa shape index (κ1) is 25.7. The van der Waals surface area contributed by atoms with Crippen molar-refractivity contribution in [3.05, 3.63) is 59.2 Å². The molecule has 1 fully saturated rings. The molecule has 2 aromatic carbocycles. The lowest BCUT2D eigenvalue weighted by Crippen LogP contribution is -2.46. The van der Waals surface area contributed by atoms with Gasteiger partial charge in [-0.05, 0) is 47.6 Å². The number of carboxylic acid groups (broad SMARTS) is 1. The van der Waals surface area contributed by atoms with Gasteiger partial charge < -0.3 is 19.7 Å². The van der Waals surface area contributed by atoms with Gasteiger partial charge in [0.2, 0.25) is 0 Å². The molecule has 0 amide bonds. The van der Waals surface area contributed by atoms with Gasteiger partial charge in [-0.3, -0.25) is 9.69 Å². The van der Waals surface area contributed by atoms with Crippen LogP contribution in [0.5, 0.6) is 11.5 Å². The number of aliphatic hydroxyl groups excluding tert-OH is 1. The Morgan fingerprint density at radius 3 is 2.35 bits per heavy atom. The molecule has 34 heavy (non-hydrogen) atoms. The number of piperidine rings is 1. The van der Waals surface area contributed by atoms with Crippen LogP contribution in [0.2, 0.25) is 0 Å². The predicted molar refractivity (Wildman–Crippen MR) is 129 cm³/mol. The van der Waals surface area contributed by atoms with Crippen LogP contribution in [0.3, 0.4) is 0 Å². The van der Waals surface area contributed by atoms with Crippen molar-refractivity contribution in [2.75, 3.05) is 27.3 Å². The summed E-state index contributed by atoms with van der Waals surface area (Å²) in [5, 5.41) is 17.4. The molecule has 0 aromatic heterocycles. The van der Waals surface area contributed by atoms with E-state index in [9.17, 15) is 9.59 Å². The predicted octanol–water partition coefficient (Wildman–Crippen LogP) is 4.04. The number of hydrogen-bond donors (Lipinski definition) is 2. The van der Waals surface area contributed by atoms with Crippen molar-refractivity contribution in [3.63, 3.8) is 0 Å². The van der Waals surface area contributed by atoms with Crippen molar-refractivity contribution in [3.8, 4) is 11.5 Å². The lowest BCUT2D eigenvalue weighted by Gasteiger charge is -2.43. The highest BCUT2D eigenvalue weighted by atomic mass is 16.5. The van der Waals surface area contributed by atoms with Gasteiger partial charge in [0.05, 0.1) is 14.2 Å². The maximum absolute atomic E-state index is 12.6. The topological polar surface area (TPSA) is 96.3 Å². The SMILES string of the molecule is COc1cc2c(cc1OC)[C@@H]1CC(=O)[C@@H](CC(C)C)CN1CC2.O=C(O)C(O)c1ccccc1. The molecule has 0 aliphatic carbocycles. The molecule has 184 valence electrons. The van der Waals surface area contributed by atoms with Gasteiger partial charge in [-0.25, -0.2) is 4.79 Å². The molecule has 2 N–H and O–H groups in total. The summed E-state index contributed by atoms with van der Waals surface area (Å²) < 4.78 is 10.9. The van der Waals surface area contributed by atoms with Gasteiger partial charge >= 0.3 is 5.97 Å². The van der Waals surface area contributed by atoms with Crippen LogP contribution < -0.4 is 9.47 Å². The third-order valence-electron chi connectivity index (χ3n) is 6.52. The second-order valence-corrected chi connectivity index (χ2v) is 9.32. The van der Waals surface area contributed by atoms with Crippen molar-refractivity contribution >= 4 is 11.8 Å². The summed E-state index contributed by atoms with van der Waals surface area (Å²) in [4.78, 5) is 25.3. The van der Waals surface area contributed by atoms with Crippen LogP contribution in [0.4, 0.5) is 0 Å². The number of nitrogens with zero attached hydrogens (tertiary/aromatic N) is 1. The summed E-state index contributed by atoms with van der Waals surface area (Å²) in [6, 6.07) is 12.6. The number of ketones is 1. The van der Waals surface area contributed by atoms with Gasteiger partial charge in [0, 0.05) is 31.5 Å². The number of carbonyl (C=O) groups excluding carboxylic acids is 1. The molecule has 0 radical (unpaired) electrons. The number of Topliss-reactive ketones (excluding diaryl/α,β-unsaturated/α-hetero) is 1. The first-order chi connectivity index (χ1) is 16.2. The molecule has 4 rings (SSSR count). The minimum atomic E-state index is -1.41. The Bertz CT molecular complexity index is 990. The zero-order valence-electron chi connectivity index (χ0n) is 20.4. The van der Waals surface area contributed by atoms with E-state index in [-0.39, 0.29) is 12.0 Å². The molecule has 7 heteroatoms. The van der Waals surface area contributed by atoms with E-state index in [1.807, 2.05) is 0 Å². The van der Waals surface area contributed by atoms with Crippen molar-refractivity contribution < 1.29 is 29.3 Å². The monoisotopic (exact) mass is 469 g/mol. The van der Waals surface area contributed by atoms with Crippen molar-refractivity contribution in [1.82, 2.24) is 4.90 Å². The number of fused-ring (bicyclic) bond motifs is 3. The summed E-state index contributed by atoms with van der Waals surface area (Å²) >= 11 is 0. The largest absolute Gasteiger partial charge is 0.493 e. The number of aliphatic carboxylic acids is 1. The summed E-state index contributed by atoms with van der Waals surface area (Å²) in [5.74, 6) is 1.50. The van der Waals surface area contributed by atoms with Crippen LogP contribution in [-0.2, 0) is 16.0 Å². The Kier molecular flexibility index (Phi) is 8.69. The maximum atomic E-state index is 12.6. The van der Waals surface area contributed by atoms with E-state index in [4.69, 9.17) is 19.7 Å². The van der Waals surface area contributed by atoms with Crippen LogP contribution in [0, 0.1) is 11.8 Å². The van der Waals surface area contributed by atoms with Gasteiger partial charge in [0.25, 0.3) is 0 Å². The van der Waals surface area contributed by atoms with E-state index in [2.05, 4.69) is 30.9 Å². The molecule has 0 spiro atoms. The fourth-order valence-electron chi connectivity index (χ4n) is 4.83. The highest BCUT2D eigenvalue weighted by molar-refractivity contribution is 5.83. The number of benzene rings is 2. The molecule has 2 aliphatic heterocycles. The molecule has 0 bridgehead atoms. The van der Waals surface area contributed by atoms with Crippen LogP contribution in [-0.4, -0.2) is 54.2 Å². The average molecular weight is 470 g/mol. The third-order valence-corrected chi connectivity index (χ3v) is 6.52. The second-order valence-electron chi connectivity index (χ2n) is 9.32. The molecular weight excluding hydrogens is 434 g/mol. The van der Waals surface area contributed by atoms with Crippen molar-refractivity contribution in [2.24, 2.45) is 11.8 Å². The molecule has 1 saturated heterocycles. The Labute approximate surface area is 201 Å². The number of ether oxygens (including phenoxy) is 2. The van der Waals surface area contributed by atoms with Gasteiger partial charge in [-0.2, -0.15) is 0 Å². The summed E-state index contributed by atoms with van der Waals surface area (Å²) in [5.41, 5.74) is 2.93. The van der Waals surface area contributed by atoms with E-state index in [0.717, 1.165) is 37.4 Å². The molecule has 2 aliphatic rings. The fourth-order valence-corrected chi connectivity index (χ4v) is 4.83. The van der Waals surface area contributed by atoms with E-state index >= 15 is 0 Å². The van der Waals surface area contributed by atoms with Gasteiger partial charge in [-0.15, -0.1) is 0 Å². The number of aliphatic hydroxyl groups is 1. The minimum absolute atomic E-state index is 0.202. The molecule has 1 unspecified atom stereocenters. The Morgan fingerprint density at radius 2 is 1.76 bits per heavy atom. The lowest BCUT2D eigenvalue weighted by molar-refractivity contribution is -0.147. The Hall–Kier alpha value is -2.90. The molecular formula is C27H35NO6. The van der Waals surface area contributed by atoms with Crippen molar-refractivity contribution in [2.45, 2.75) is 45.3 Å². The number of carbonyl (C=O) groups is 2.